The molecule has 20 heavy (non-hydrogen) atoms. The zero-order valence-electron chi connectivity index (χ0n) is 10.2. The van der Waals surface area contributed by atoms with Gasteiger partial charge in [-0.25, -0.2) is 0 Å². The number of nitrogens with zero attached hydrogens (tertiary/aromatic N) is 2. The predicted octanol–water partition coefficient (Wildman–Crippen LogP) is 4.42. The van der Waals surface area contributed by atoms with Gasteiger partial charge in [-0.1, -0.05) is 45.5 Å². The zero-order chi connectivity index (χ0) is 13.9. The van der Waals surface area contributed by atoms with Crippen LogP contribution >= 0.6 is 27.3 Å². The minimum Gasteiger partial charge on any atom is -0.508 e. The molecule has 0 aliphatic heterocycles. The molecule has 3 aromatic rings. The molecule has 4 nitrogen and oxygen atoms in total. The molecular weight excluding hydrogens is 338 g/mol. The van der Waals surface area contributed by atoms with E-state index in [4.69, 9.17) is 0 Å². The first-order valence-electron chi connectivity index (χ1n) is 5.86. The highest BCUT2D eigenvalue weighted by molar-refractivity contribution is 9.10. The first-order chi connectivity index (χ1) is 9.70. The molecule has 0 saturated carbocycles. The highest BCUT2D eigenvalue weighted by Gasteiger charge is 2.07. The van der Waals surface area contributed by atoms with Gasteiger partial charge in [0.1, 0.15) is 10.8 Å². The molecule has 0 fully saturated rings. The summed E-state index contributed by atoms with van der Waals surface area (Å²) in [5.74, 6) is 0.221. The fourth-order valence-electron chi connectivity index (χ4n) is 1.72. The molecule has 3 rings (SSSR count). The number of phenols is 1. The molecule has 1 aromatic heterocycles. The Hall–Kier alpha value is -1.92. The largest absolute Gasteiger partial charge is 0.508 e. The van der Waals surface area contributed by atoms with Crippen molar-refractivity contribution in [2.45, 2.75) is 0 Å². The molecule has 0 saturated heterocycles. The van der Waals surface area contributed by atoms with Crippen LogP contribution < -0.4 is 5.32 Å². The third-order valence-electron chi connectivity index (χ3n) is 2.59. The molecule has 0 unspecified atom stereocenters. The van der Waals surface area contributed by atoms with E-state index in [2.05, 4.69) is 31.4 Å². The maximum atomic E-state index is 9.48. The van der Waals surface area contributed by atoms with Gasteiger partial charge in [0.05, 0.1) is 0 Å². The van der Waals surface area contributed by atoms with Gasteiger partial charge in [-0.05, 0) is 30.3 Å². The molecule has 100 valence electrons. The smallest absolute Gasteiger partial charge is 0.210 e. The molecule has 0 atom stereocenters. The summed E-state index contributed by atoms with van der Waals surface area (Å²) >= 11 is 4.86. The van der Waals surface area contributed by atoms with Crippen molar-refractivity contribution in [3.63, 3.8) is 0 Å². The van der Waals surface area contributed by atoms with Gasteiger partial charge in [-0.3, -0.25) is 0 Å². The van der Waals surface area contributed by atoms with Gasteiger partial charge in [0.15, 0.2) is 0 Å². The second-order valence-electron chi connectivity index (χ2n) is 4.10. The summed E-state index contributed by atoms with van der Waals surface area (Å²) in [4.78, 5) is 0. The third-order valence-corrected chi connectivity index (χ3v) is 3.98. The molecule has 2 aromatic carbocycles. The number of rotatable bonds is 3. The number of aromatic hydroxyl groups is 1. The van der Waals surface area contributed by atoms with Crippen LogP contribution in [0.1, 0.15) is 0 Å². The average Bonchev–Trinajstić information content (AvgIpc) is 2.87. The van der Waals surface area contributed by atoms with Crippen LogP contribution in [0.15, 0.2) is 53.0 Å². The summed E-state index contributed by atoms with van der Waals surface area (Å²) < 4.78 is 1.00. The summed E-state index contributed by atoms with van der Waals surface area (Å²) in [7, 11) is 0. The lowest BCUT2D eigenvalue weighted by atomic mass is 10.2. The molecule has 1 heterocycles. The number of hydrogen-bond donors (Lipinski definition) is 2. The standard InChI is InChI=1S/C14H10BrN3OS/c15-10-4-2-5-11(8-10)16-14-18-17-13(20-14)9-3-1-6-12(19)7-9/h1-8,19H,(H,16,18). The van der Waals surface area contributed by atoms with Crippen LogP contribution in [-0.2, 0) is 0 Å². The Bertz CT molecular complexity index is 745. The number of phenolic OH excluding ortho intramolecular Hbond substituents is 1. The van der Waals surface area contributed by atoms with Crippen molar-refractivity contribution in [1.82, 2.24) is 10.2 Å². The van der Waals surface area contributed by atoms with Crippen LogP contribution in [0.5, 0.6) is 5.75 Å². The van der Waals surface area contributed by atoms with Crippen LogP contribution in [0.3, 0.4) is 0 Å². The van der Waals surface area contributed by atoms with Gasteiger partial charge in [-0.2, -0.15) is 0 Å². The van der Waals surface area contributed by atoms with E-state index in [0.717, 1.165) is 20.7 Å². The summed E-state index contributed by atoms with van der Waals surface area (Å²) in [5.41, 5.74) is 1.79. The fraction of sp³-hybridized carbons (Fsp3) is 0. The zero-order valence-corrected chi connectivity index (χ0v) is 12.6. The quantitative estimate of drug-likeness (QED) is 0.736. The monoisotopic (exact) mass is 347 g/mol. The van der Waals surface area contributed by atoms with Crippen molar-refractivity contribution in [2.24, 2.45) is 0 Å². The highest BCUT2D eigenvalue weighted by atomic mass is 79.9. The van der Waals surface area contributed by atoms with E-state index >= 15 is 0 Å². The lowest BCUT2D eigenvalue weighted by Gasteiger charge is -2.01. The first kappa shape index (κ1) is 13.1. The normalized spacial score (nSPS) is 10.4. The van der Waals surface area contributed by atoms with Gasteiger partial charge < -0.3 is 10.4 Å². The van der Waals surface area contributed by atoms with E-state index in [1.165, 1.54) is 11.3 Å². The van der Waals surface area contributed by atoms with Crippen molar-refractivity contribution in [3.05, 3.63) is 53.0 Å². The SMILES string of the molecule is Oc1cccc(-c2nnc(Nc3cccc(Br)c3)s2)c1. The van der Waals surface area contributed by atoms with E-state index < -0.39 is 0 Å². The molecule has 0 bridgehead atoms. The topological polar surface area (TPSA) is 58.0 Å². The average molecular weight is 348 g/mol. The highest BCUT2D eigenvalue weighted by Crippen LogP contribution is 2.30. The van der Waals surface area contributed by atoms with Crippen LogP contribution in [0, 0.1) is 0 Å². The van der Waals surface area contributed by atoms with Gasteiger partial charge in [-0.15, -0.1) is 10.2 Å². The number of anilines is 2. The number of halogens is 1. The van der Waals surface area contributed by atoms with Crippen molar-refractivity contribution in [1.29, 1.82) is 0 Å². The van der Waals surface area contributed by atoms with Gasteiger partial charge in [0.25, 0.3) is 0 Å². The van der Waals surface area contributed by atoms with Crippen molar-refractivity contribution >= 4 is 38.1 Å². The van der Waals surface area contributed by atoms with Gasteiger partial charge in [0.2, 0.25) is 5.13 Å². The van der Waals surface area contributed by atoms with Gasteiger partial charge >= 0.3 is 0 Å². The molecule has 0 aliphatic rings. The Morgan fingerprint density at radius 3 is 2.70 bits per heavy atom. The van der Waals surface area contributed by atoms with Crippen molar-refractivity contribution in [2.75, 3.05) is 5.32 Å². The second-order valence-corrected chi connectivity index (χ2v) is 5.99. The summed E-state index contributed by atoms with van der Waals surface area (Å²) in [6.07, 6.45) is 0. The minimum absolute atomic E-state index is 0.221. The Labute approximate surface area is 128 Å². The van der Waals surface area contributed by atoms with E-state index in [-0.39, 0.29) is 5.75 Å². The third kappa shape index (κ3) is 2.97. The fourth-order valence-corrected chi connectivity index (χ4v) is 2.88. The molecule has 2 N–H and O–H groups in total. The van der Waals surface area contributed by atoms with E-state index in [0.29, 0.717) is 5.13 Å². The minimum atomic E-state index is 0.221. The Kier molecular flexibility index (Phi) is 3.66. The lowest BCUT2D eigenvalue weighted by Crippen LogP contribution is -1.88. The number of aromatic nitrogens is 2. The van der Waals surface area contributed by atoms with Crippen LogP contribution in [0.2, 0.25) is 0 Å². The Morgan fingerprint density at radius 1 is 1.05 bits per heavy atom. The lowest BCUT2D eigenvalue weighted by molar-refractivity contribution is 0.475. The number of nitrogens with one attached hydrogen (secondary N) is 1. The van der Waals surface area contributed by atoms with Crippen molar-refractivity contribution in [3.8, 4) is 16.3 Å². The van der Waals surface area contributed by atoms with Crippen LogP contribution in [0.25, 0.3) is 10.6 Å². The predicted molar refractivity (Wildman–Crippen MR) is 84.4 cm³/mol. The summed E-state index contributed by atoms with van der Waals surface area (Å²) in [6.45, 7) is 0. The van der Waals surface area contributed by atoms with E-state index in [1.807, 2.05) is 30.3 Å². The van der Waals surface area contributed by atoms with E-state index in [9.17, 15) is 5.11 Å². The van der Waals surface area contributed by atoms with Crippen molar-refractivity contribution < 1.29 is 5.11 Å². The summed E-state index contributed by atoms with van der Waals surface area (Å²) in [5, 5.41) is 22.4. The molecular formula is C14H10BrN3OS. The molecule has 0 aliphatic carbocycles. The van der Waals surface area contributed by atoms with Gasteiger partial charge in [0, 0.05) is 15.7 Å². The summed E-state index contributed by atoms with van der Waals surface area (Å²) in [6, 6.07) is 14.8. The first-order valence-corrected chi connectivity index (χ1v) is 7.47. The number of hydrogen-bond acceptors (Lipinski definition) is 5. The Morgan fingerprint density at radius 2 is 1.90 bits per heavy atom. The molecule has 0 spiro atoms. The molecule has 0 radical (unpaired) electrons. The molecule has 6 heteroatoms. The van der Waals surface area contributed by atoms with Crippen LogP contribution in [0.4, 0.5) is 10.8 Å². The Balaban J connectivity index is 1.84. The molecule has 0 amide bonds. The maximum Gasteiger partial charge on any atom is 0.210 e. The maximum absolute atomic E-state index is 9.48. The van der Waals surface area contributed by atoms with Crippen LogP contribution in [-0.4, -0.2) is 15.3 Å². The van der Waals surface area contributed by atoms with E-state index in [1.54, 1.807) is 18.2 Å². The second kappa shape index (κ2) is 5.60. The number of benzene rings is 2.